The fourth-order valence-electron chi connectivity index (χ4n) is 7.81. The number of aromatic nitrogens is 1. The third-order valence-corrected chi connectivity index (χ3v) is 11.9. The van der Waals surface area contributed by atoms with Crippen molar-refractivity contribution >= 4 is 40.6 Å². The molecule has 2 aliphatic heterocycles. The summed E-state index contributed by atoms with van der Waals surface area (Å²) < 4.78 is 20.0. The zero-order valence-corrected chi connectivity index (χ0v) is 23.4. The second-order valence-corrected chi connectivity index (χ2v) is 13.5. The molecule has 9 heteroatoms. The minimum atomic E-state index is -0.420. The summed E-state index contributed by atoms with van der Waals surface area (Å²) in [4.78, 5) is 45.5. The van der Waals surface area contributed by atoms with Crippen LogP contribution in [0, 0.1) is 35.4 Å². The molecular formula is C32H25FN2O4S2. The van der Waals surface area contributed by atoms with Crippen molar-refractivity contribution in [3.05, 3.63) is 110 Å². The topological polar surface area (TPSA) is 79.5 Å². The van der Waals surface area contributed by atoms with Crippen LogP contribution in [0.15, 0.2) is 88.7 Å². The molecule has 7 atom stereocenters. The minimum absolute atomic E-state index is 0.0121. The zero-order chi connectivity index (χ0) is 27.8. The lowest BCUT2D eigenvalue weighted by molar-refractivity contribution is -0.123. The number of H-pyrrole nitrogens is 1. The highest BCUT2D eigenvalue weighted by molar-refractivity contribution is 8.00. The number of para-hydroxylation sites is 1. The number of hydrogen-bond donors (Lipinski definition) is 1. The molecule has 2 saturated carbocycles. The maximum atomic E-state index is 13.9. The first-order valence-electron chi connectivity index (χ1n) is 13.8. The predicted octanol–water partition coefficient (Wildman–Crippen LogP) is 5.83. The van der Waals surface area contributed by atoms with Crippen molar-refractivity contribution in [2.75, 3.05) is 4.90 Å². The molecule has 3 fully saturated rings. The summed E-state index contributed by atoms with van der Waals surface area (Å²) in [6, 6.07) is 23.6. The number of rotatable bonds is 5. The zero-order valence-electron chi connectivity index (χ0n) is 21.7. The van der Waals surface area contributed by atoms with Crippen molar-refractivity contribution in [1.29, 1.82) is 0 Å². The number of nitrogens with zero attached hydrogens (tertiary/aromatic N) is 1. The molecule has 2 bridgehead atoms. The first kappa shape index (κ1) is 25.1. The predicted molar refractivity (Wildman–Crippen MR) is 155 cm³/mol. The molecule has 6 nitrogen and oxygen atoms in total. The number of anilines is 1. The number of ether oxygens (including phenoxy) is 1. The van der Waals surface area contributed by atoms with Gasteiger partial charge in [-0.2, -0.15) is 0 Å². The van der Waals surface area contributed by atoms with Crippen LogP contribution >= 0.6 is 23.1 Å². The van der Waals surface area contributed by atoms with E-state index in [1.54, 1.807) is 11.8 Å². The summed E-state index contributed by atoms with van der Waals surface area (Å²) in [5.74, 6) is -0.914. The van der Waals surface area contributed by atoms with E-state index in [4.69, 9.17) is 4.74 Å². The van der Waals surface area contributed by atoms with Gasteiger partial charge in [0, 0.05) is 21.6 Å². The van der Waals surface area contributed by atoms with Crippen LogP contribution in [0.3, 0.4) is 0 Å². The summed E-state index contributed by atoms with van der Waals surface area (Å²) in [6.45, 7) is 0.417. The normalized spacial score (nSPS) is 29.4. The number of thioether (sulfide) groups is 1. The second-order valence-electron chi connectivity index (χ2n) is 11.3. The van der Waals surface area contributed by atoms with Crippen molar-refractivity contribution in [3.63, 3.8) is 0 Å². The maximum absolute atomic E-state index is 13.9. The SMILES string of the molecule is O=C1C2C(C(=O)N1c1ccc(F)cc1)[C@@H]1C[C@H]2C2Sc3[nH]c(=O)sc3C(c3ccccc3OCc3ccccc3)C21. The Morgan fingerprint density at radius 2 is 1.59 bits per heavy atom. The van der Waals surface area contributed by atoms with Gasteiger partial charge in [-0.1, -0.05) is 59.9 Å². The van der Waals surface area contributed by atoms with Gasteiger partial charge < -0.3 is 9.72 Å². The number of hydrogen-bond acceptors (Lipinski definition) is 6. The Hall–Kier alpha value is -3.69. The molecular weight excluding hydrogens is 559 g/mol. The van der Waals surface area contributed by atoms with E-state index in [1.165, 1.54) is 40.5 Å². The molecule has 3 heterocycles. The highest BCUT2D eigenvalue weighted by Gasteiger charge is 2.69. The van der Waals surface area contributed by atoms with Crippen molar-refractivity contribution in [3.8, 4) is 5.75 Å². The Morgan fingerprint density at radius 3 is 2.37 bits per heavy atom. The molecule has 4 aliphatic rings. The molecule has 8 rings (SSSR count). The van der Waals surface area contributed by atoms with Crippen LogP contribution in [-0.2, 0) is 16.2 Å². The molecule has 2 amide bonds. The monoisotopic (exact) mass is 584 g/mol. The van der Waals surface area contributed by atoms with Gasteiger partial charge >= 0.3 is 4.87 Å². The number of aromatic amines is 1. The number of benzene rings is 3. The lowest BCUT2D eigenvalue weighted by atomic mass is 9.68. The summed E-state index contributed by atoms with van der Waals surface area (Å²) >= 11 is 2.89. The Labute approximate surface area is 243 Å². The minimum Gasteiger partial charge on any atom is -0.489 e. The summed E-state index contributed by atoms with van der Waals surface area (Å²) in [5.41, 5.74) is 2.49. The lowest BCUT2D eigenvalue weighted by Crippen LogP contribution is -2.42. The summed E-state index contributed by atoms with van der Waals surface area (Å²) in [7, 11) is 0. The highest BCUT2D eigenvalue weighted by Crippen LogP contribution is 2.69. The summed E-state index contributed by atoms with van der Waals surface area (Å²) in [5, 5.41) is 0.941. The van der Waals surface area contributed by atoms with E-state index < -0.39 is 17.7 Å². The number of thiazole rings is 1. The fourth-order valence-corrected chi connectivity index (χ4v) is 10.7. The van der Waals surface area contributed by atoms with Gasteiger partial charge in [0.1, 0.15) is 18.2 Å². The second kappa shape index (κ2) is 9.42. The van der Waals surface area contributed by atoms with Gasteiger partial charge in [-0.25, -0.2) is 4.39 Å². The van der Waals surface area contributed by atoms with Crippen LogP contribution in [0.5, 0.6) is 5.75 Å². The van der Waals surface area contributed by atoms with Crippen LogP contribution in [0.4, 0.5) is 10.1 Å². The van der Waals surface area contributed by atoms with E-state index in [0.717, 1.165) is 33.2 Å². The van der Waals surface area contributed by atoms with Crippen LogP contribution in [0.1, 0.15) is 28.3 Å². The average molecular weight is 585 g/mol. The van der Waals surface area contributed by atoms with Crippen molar-refractivity contribution in [1.82, 2.24) is 4.98 Å². The molecule has 2 aliphatic carbocycles. The molecule has 4 aromatic rings. The van der Waals surface area contributed by atoms with Gasteiger partial charge in [0.2, 0.25) is 11.8 Å². The first-order chi connectivity index (χ1) is 20.0. The number of carbonyl (C=O) groups excluding carboxylic acids is 2. The molecule has 1 aromatic heterocycles. The van der Waals surface area contributed by atoms with Gasteiger partial charge in [0.15, 0.2) is 0 Å². The molecule has 206 valence electrons. The van der Waals surface area contributed by atoms with E-state index in [9.17, 15) is 18.8 Å². The van der Waals surface area contributed by atoms with E-state index in [1.807, 2.05) is 48.5 Å². The average Bonchev–Trinajstić information content (AvgIpc) is 3.72. The van der Waals surface area contributed by atoms with Gasteiger partial charge in [0.05, 0.1) is 22.5 Å². The number of carbonyl (C=O) groups is 2. The van der Waals surface area contributed by atoms with Crippen LogP contribution < -0.4 is 14.5 Å². The van der Waals surface area contributed by atoms with E-state index in [2.05, 4.69) is 11.1 Å². The number of fused-ring (bicyclic) bond motifs is 9. The first-order valence-corrected chi connectivity index (χ1v) is 15.5. The summed E-state index contributed by atoms with van der Waals surface area (Å²) in [6.07, 6.45) is 0.801. The van der Waals surface area contributed by atoms with E-state index in [0.29, 0.717) is 12.3 Å². The Morgan fingerprint density at radius 1 is 0.878 bits per heavy atom. The number of imide groups is 1. The number of halogens is 1. The molecule has 41 heavy (non-hydrogen) atoms. The highest BCUT2D eigenvalue weighted by atomic mass is 32.2. The third kappa shape index (κ3) is 3.78. The molecule has 1 saturated heterocycles. The largest absolute Gasteiger partial charge is 0.489 e. The Kier molecular flexibility index (Phi) is 5.76. The van der Waals surface area contributed by atoms with Gasteiger partial charge in [0.25, 0.3) is 0 Å². The Balaban J connectivity index is 1.19. The van der Waals surface area contributed by atoms with Crippen molar-refractivity contribution in [2.45, 2.75) is 29.2 Å². The molecule has 5 unspecified atom stereocenters. The van der Waals surface area contributed by atoms with Crippen molar-refractivity contribution in [2.24, 2.45) is 29.6 Å². The van der Waals surface area contributed by atoms with Crippen LogP contribution in [0.25, 0.3) is 0 Å². The van der Waals surface area contributed by atoms with Crippen molar-refractivity contribution < 1.29 is 18.7 Å². The smallest absolute Gasteiger partial charge is 0.305 e. The molecule has 0 radical (unpaired) electrons. The van der Waals surface area contributed by atoms with Gasteiger partial charge in [-0.05, 0) is 60.1 Å². The van der Waals surface area contributed by atoms with Crippen LogP contribution in [-0.4, -0.2) is 22.0 Å². The number of nitrogens with one attached hydrogen (secondary N) is 1. The van der Waals surface area contributed by atoms with E-state index >= 15 is 0 Å². The van der Waals surface area contributed by atoms with Crippen LogP contribution in [0.2, 0.25) is 0 Å². The lowest BCUT2D eigenvalue weighted by Gasteiger charge is -2.43. The third-order valence-electron chi connectivity index (χ3n) is 9.30. The maximum Gasteiger partial charge on any atom is 0.305 e. The molecule has 3 aromatic carbocycles. The standard InChI is InChI=1S/C32H25FN2O4S2/c33-17-10-12-18(13-11-17)35-30(36)25-20-14-21(26(25)31(35)37)27-24(20)23(28-29(40-27)34-32(38)41-28)19-8-4-5-9-22(19)39-15-16-6-2-1-3-7-16/h1-13,20-21,23-27H,14-15H2,(H,34,38)/t20-,21-,23?,24?,25?,26?,27?/m1/s1. The number of amides is 2. The Bertz CT molecular complexity index is 1740. The van der Waals surface area contributed by atoms with Gasteiger partial charge in [-0.3, -0.25) is 19.3 Å². The molecule has 1 N–H and O–H groups in total. The quantitative estimate of drug-likeness (QED) is 0.299. The van der Waals surface area contributed by atoms with E-state index in [-0.39, 0.29) is 45.6 Å². The fraction of sp³-hybridized carbons (Fsp3) is 0.281. The molecule has 0 spiro atoms. The van der Waals surface area contributed by atoms with Gasteiger partial charge in [-0.15, -0.1) is 11.8 Å².